The second-order valence-electron chi connectivity index (χ2n) is 2.76. The molecule has 0 fully saturated rings. The largest absolute Gasteiger partial charge is 0.364 e. The molecule has 0 aliphatic carbocycles. The molecule has 0 aromatic carbocycles. The average molecular weight is 166 g/mol. The molecule has 5 nitrogen and oxygen atoms in total. The van der Waals surface area contributed by atoms with Crippen LogP contribution in [0.25, 0.3) is 0 Å². The summed E-state index contributed by atoms with van der Waals surface area (Å²) in [6, 6.07) is 0. The number of aliphatic imine (C=N–C) groups is 1. The van der Waals surface area contributed by atoms with Crippen LogP contribution in [0.4, 0.5) is 0 Å². The normalized spacial score (nSPS) is 20.8. The lowest BCUT2D eigenvalue weighted by Crippen LogP contribution is -2.45. The third-order valence-electron chi connectivity index (χ3n) is 1.96. The van der Waals surface area contributed by atoms with Gasteiger partial charge in [-0.1, -0.05) is 0 Å². The van der Waals surface area contributed by atoms with Gasteiger partial charge >= 0.3 is 0 Å². The molecule has 0 saturated heterocycles. The van der Waals surface area contributed by atoms with E-state index in [1.54, 1.807) is 6.08 Å². The number of rotatable bonds is 1. The zero-order valence-corrected chi connectivity index (χ0v) is 6.58. The summed E-state index contributed by atoms with van der Waals surface area (Å²) < 4.78 is 0. The van der Waals surface area contributed by atoms with Gasteiger partial charge < -0.3 is 16.0 Å². The minimum atomic E-state index is -0.427. The summed E-state index contributed by atoms with van der Waals surface area (Å²) >= 11 is 0. The zero-order chi connectivity index (χ0) is 8.55. The van der Waals surface area contributed by atoms with Crippen molar-refractivity contribution in [2.24, 2.45) is 10.7 Å². The molecule has 2 heterocycles. The Balaban J connectivity index is 2.18. The lowest BCUT2D eigenvalue weighted by molar-refractivity contribution is -0.114. The Morgan fingerprint density at radius 3 is 3.33 bits per heavy atom. The Bertz CT molecular complexity index is 281. The molecule has 12 heavy (non-hydrogen) atoms. The number of nitrogens with one attached hydrogen (secondary N) is 1. The standard InChI is InChI=1S/C7H10N4O/c8-6(12)5-1-3-11-4-2-9-7(11)10-5/h1H,2-4H2,(H2,8,12)(H,9,10). The number of fused-ring (bicyclic) bond motifs is 1. The van der Waals surface area contributed by atoms with Gasteiger partial charge in [-0.25, -0.2) is 0 Å². The Morgan fingerprint density at radius 1 is 1.75 bits per heavy atom. The van der Waals surface area contributed by atoms with Crippen molar-refractivity contribution in [1.29, 1.82) is 0 Å². The Labute approximate surface area is 69.9 Å². The number of amides is 1. The van der Waals surface area contributed by atoms with E-state index in [2.05, 4.69) is 15.2 Å². The Kier molecular flexibility index (Phi) is 1.49. The van der Waals surface area contributed by atoms with Crippen LogP contribution in [0.5, 0.6) is 0 Å². The summed E-state index contributed by atoms with van der Waals surface area (Å²) in [5, 5.41) is 2.88. The first-order valence-corrected chi connectivity index (χ1v) is 3.84. The number of carbonyl (C=O) groups excluding carboxylic acids is 1. The molecular formula is C7H10N4O. The Morgan fingerprint density at radius 2 is 2.58 bits per heavy atom. The van der Waals surface area contributed by atoms with Gasteiger partial charge in [0, 0.05) is 13.1 Å². The van der Waals surface area contributed by atoms with Gasteiger partial charge in [-0.2, -0.15) is 0 Å². The van der Waals surface area contributed by atoms with Gasteiger partial charge in [0.15, 0.2) is 5.96 Å². The summed E-state index contributed by atoms with van der Waals surface area (Å²) in [5.74, 6) is 0.343. The van der Waals surface area contributed by atoms with Gasteiger partial charge in [-0.3, -0.25) is 9.79 Å². The fourth-order valence-electron chi connectivity index (χ4n) is 1.31. The lowest BCUT2D eigenvalue weighted by atomic mass is 10.3. The fraction of sp³-hybridized carbons (Fsp3) is 0.429. The van der Waals surface area contributed by atoms with Crippen molar-refractivity contribution in [1.82, 2.24) is 10.2 Å². The number of hydrogen-bond donors (Lipinski definition) is 2. The first kappa shape index (κ1) is 7.15. The van der Waals surface area contributed by atoms with Crippen molar-refractivity contribution < 1.29 is 4.79 Å². The smallest absolute Gasteiger partial charge is 0.264 e. The van der Waals surface area contributed by atoms with Crippen LogP contribution in [0.2, 0.25) is 0 Å². The molecule has 0 spiro atoms. The van der Waals surface area contributed by atoms with Crippen LogP contribution in [-0.4, -0.2) is 36.4 Å². The van der Waals surface area contributed by atoms with E-state index >= 15 is 0 Å². The van der Waals surface area contributed by atoms with Gasteiger partial charge in [-0.15, -0.1) is 0 Å². The highest BCUT2D eigenvalue weighted by molar-refractivity contribution is 5.98. The number of primary amides is 1. The first-order chi connectivity index (χ1) is 5.77. The van der Waals surface area contributed by atoms with Crippen LogP contribution >= 0.6 is 0 Å². The minimum Gasteiger partial charge on any atom is -0.364 e. The summed E-state index contributed by atoms with van der Waals surface area (Å²) in [6.45, 7) is 2.44. The molecular weight excluding hydrogens is 156 g/mol. The van der Waals surface area contributed by atoms with Gasteiger partial charge in [0.1, 0.15) is 5.70 Å². The van der Waals surface area contributed by atoms with Gasteiger partial charge in [0.25, 0.3) is 5.91 Å². The number of hydrogen-bond acceptors (Lipinski definition) is 4. The quantitative estimate of drug-likeness (QED) is 0.505. The molecule has 0 aromatic rings. The van der Waals surface area contributed by atoms with Crippen LogP contribution in [0.15, 0.2) is 16.8 Å². The first-order valence-electron chi connectivity index (χ1n) is 3.84. The molecule has 1 amide bonds. The van der Waals surface area contributed by atoms with Crippen molar-refractivity contribution >= 4 is 11.9 Å². The van der Waals surface area contributed by atoms with Crippen molar-refractivity contribution in [2.75, 3.05) is 19.6 Å². The third-order valence-corrected chi connectivity index (χ3v) is 1.96. The Hall–Kier alpha value is -1.52. The summed E-state index contributed by atoms with van der Waals surface area (Å²) in [4.78, 5) is 17.0. The van der Waals surface area contributed by atoms with Crippen molar-refractivity contribution in [3.05, 3.63) is 11.8 Å². The molecule has 5 heteroatoms. The summed E-state index contributed by atoms with van der Waals surface area (Å²) in [5.41, 5.74) is 5.56. The maximum atomic E-state index is 10.8. The van der Waals surface area contributed by atoms with Crippen molar-refractivity contribution in [2.45, 2.75) is 0 Å². The van der Waals surface area contributed by atoms with Gasteiger partial charge in [0.2, 0.25) is 0 Å². The topological polar surface area (TPSA) is 70.7 Å². The molecule has 0 bridgehead atoms. The highest BCUT2D eigenvalue weighted by Gasteiger charge is 2.22. The van der Waals surface area contributed by atoms with E-state index in [1.807, 2.05) is 0 Å². The second-order valence-corrected chi connectivity index (χ2v) is 2.76. The number of nitrogens with two attached hydrogens (primary N) is 1. The second kappa shape index (κ2) is 2.51. The summed E-state index contributed by atoms with van der Waals surface area (Å²) in [6.07, 6.45) is 1.78. The van der Waals surface area contributed by atoms with Gasteiger partial charge in [-0.05, 0) is 6.08 Å². The zero-order valence-electron chi connectivity index (χ0n) is 6.58. The van der Waals surface area contributed by atoms with Crippen LogP contribution in [0.3, 0.4) is 0 Å². The van der Waals surface area contributed by atoms with Crippen molar-refractivity contribution in [3.63, 3.8) is 0 Å². The maximum Gasteiger partial charge on any atom is 0.264 e. The highest BCUT2D eigenvalue weighted by Crippen LogP contribution is 2.06. The van der Waals surface area contributed by atoms with Crippen LogP contribution in [0, 0.1) is 0 Å². The van der Waals surface area contributed by atoms with E-state index in [9.17, 15) is 4.79 Å². The third kappa shape index (κ3) is 1.03. The molecule has 0 saturated carbocycles. The number of guanidine groups is 1. The summed E-state index contributed by atoms with van der Waals surface area (Å²) in [7, 11) is 0. The molecule has 3 N–H and O–H groups in total. The van der Waals surface area contributed by atoms with E-state index < -0.39 is 5.91 Å². The minimum absolute atomic E-state index is 0.427. The molecule has 2 aliphatic heterocycles. The predicted molar refractivity (Wildman–Crippen MR) is 44.3 cm³/mol. The maximum absolute atomic E-state index is 10.8. The number of nitrogens with zero attached hydrogens (tertiary/aromatic N) is 2. The molecule has 2 rings (SSSR count). The van der Waals surface area contributed by atoms with E-state index in [-0.39, 0.29) is 0 Å². The van der Waals surface area contributed by atoms with Gasteiger partial charge in [0.05, 0.1) is 6.54 Å². The average Bonchev–Trinajstić information content (AvgIpc) is 2.49. The van der Waals surface area contributed by atoms with Crippen LogP contribution in [-0.2, 0) is 4.79 Å². The van der Waals surface area contributed by atoms with Crippen LogP contribution < -0.4 is 11.1 Å². The highest BCUT2D eigenvalue weighted by atomic mass is 16.1. The number of carbonyl (C=O) groups is 1. The predicted octanol–water partition coefficient (Wildman–Crippen LogP) is -1.37. The monoisotopic (exact) mass is 166 g/mol. The molecule has 64 valence electrons. The SMILES string of the molecule is NC(=O)C1=CCN2CCN=C2N1. The molecule has 0 unspecified atom stereocenters. The molecule has 2 aliphatic rings. The fourth-order valence-corrected chi connectivity index (χ4v) is 1.31. The van der Waals surface area contributed by atoms with E-state index in [0.29, 0.717) is 5.70 Å². The van der Waals surface area contributed by atoms with Crippen molar-refractivity contribution in [3.8, 4) is 0 Å². The molecule has 0 atom stereocenters. The van der Waals surface area contributed by atoms with E-state index in [1.165, 1.54) is 0 Å². The molecule has 0 aromatic heterocycles. The van der Waals surface area contributed by atoms with Crippen LogP contribution in [0.1, 0.15) is 0 Å². The van der Waals surface area contributed by atoms with E-state index in [0.717, 1.165) is 25.6 Å². The molecule has 0 radical (unpaired) electrons. The lowest BCUT2D eigenvalue weighted by Gasteiger charge is -2.24. The van der Waals surface area contributed by atoms with E-state index in [4.69, 9.17) is 5.73 Å².